The van der Waals surface area contributed by atoms with Crippen molar-refractivity contribution in [1.82, 2.24) is 14.7 Å². The fourth-order valence-corrected chi connectivity index (χ4v) is 2.80. The van der Waals surface area contributed by atoms with Gasteiger partial charge < -0.3 is 10.0 Å². The number of hydrogen-bond donors (Lipinski definition) is 1. The van der Waals surface area contributed by atoms with Crippen molar-refractivity contribution in [2.24, 2.45) is 7.05 Å². The molecule has 0 bridgehead atoms. The summed E-state index contributed by atoms with van der Waals surface area (Å²) in [5.41, 5.74) is 0.799. The number of piperidine rings is 1. The fourth-order valence-electron chi connectivity index (χ4n) is 2.40. The van der Waals surface area contributed by atoms with Gasteiger partial charge in [-0.2, -0.15) is 5.10 Å². The Balaban J connectivity index is 2.33. The lowest BCUT2D eigenvalue weighted by atomic mass is 9.95. The fraction of sp³-hybridized carbons (Fsp3) is 0.636. The third-order valence-electron chi connectivity index (χ3n) is 3.23. The Morgan fingerprint density at radius 2 is 2.24 bits per heavy atom. The molecule has 1 unspecified atom stereocenters. The number of aryl methyl sites for hydroxylation is 1. The molecule has 2 rings (SSSR count). The highest BCUT2D eigenvalue weighted by Gasteiger charge is 2.28. The standard InChI is InChI=1S/C11H16ClN3O2/c1-14-5-3-4-7(6-14)9-8(12)10(11(16)17)15(2)13-9/h7H,3-6H2,1-2H3,(H,16,17). The van der Waals surface area contributed by atoms with Crippen LogP contribution in [-0.4, -0.2) is 45.9 Å². The number of carbonyl (C=O) groups is 1. The van der Waals surface area contributed by atoms with E-state index in [9.17, 15) is 4.79 Å². The van der Waals surface area contributed by atoms with Gasteiger partial charge in [0.2, 0.25) is 0 Å². The number of nitrogens with zero attached hydrogens (tertiary/aromatic N) is 3. The first-order chi connectivity index (χ1) is 8.00. The maximum atomic E-state index is 11.0. The van der Waals surface area contributed by atoms with Crippen LogP contribution < -0.4 is 0 Å². The number of halogens is 1. The molecule has 0 spiro atoms. The molecule has 0 saturated carbocycles. The van der Waals surface area contributed by atoms with Gasteiger partial charge in [0.05, 0.1) is 10.7 Å². The molecule has 17 heavy (non-hydrogen) atoms. The van der Waals surface area contributed by atoms with Crippen LogP contribution in [0, 0.1) is 0 Å². The van der Waals surface area contributed by atoms with Gasteiger partial charge in [-0.15, -0.1) is 0 Å². The molecule has 6 heteroatoms. The average molecular weight is 258 g/mol. The molecular formula is C11H16ClN3O2. The minimum Gasteiger partial charge on any atom is -0.476 e. The van der Waals surface area contributed by atoms with Crippen LogP contribution in [0.4, 0.5) is 0 Å². The molecule has 1 saturated heterocycles. The summed E-state index contributed by atoms with van der Waals surface area (Å²) in [6.45, 7) is 1.96. The second-order valence-corrected chi connectivity index (χ2v) is 4.96. The largest absolute Gasteiger partial charge is 0.476 e. The Morgan fingerprint density at radius 3 is 2.76 bits per heavy atom. The Morgan fingerprint density at radius 1 is 1.53 bits per heavy atom. The number of carboxylic acid groups (broad SMARTS) is 1. The second-order valence-electron chi connectivity index (χ2n) is 4.58. The van der Waals surface area contributed by atoms with Crippen molar-refractivity contribution in [2.45, 2.75) is 18.8 Å². The van der Waals surface area contributed by atoms with E-state index in [1.54, 1.807) is 7.05 Å². The van der Waals surface area contributed by atoms with E-state index in [0.717, 1.165) is 31.6 Å². The first-order valence-corrected chi connectivity index (χ1v) is 6.02. The SMILES string of the molecule is CN1CCCC(c2nn(C)c(C(=O)O)c2Cl)C1. The molecule has 1 aromatic heterocycles. The predicted octanol–water partition coefficient (Wildman–Crippen LogP) is 1.58. The molecule has 0 aromatic carbocycles. The molecule has 1 aliphatic rings. The van der Waals surface area contributed by atoms with Crippen molar-refractivity contribution in [3.8, 4) is 0 Å². The van der Waals surface area contributed by atoms with Gasteiger partial charge >= 0.3 is 5.97 Å². The second kappa shape index (κ2) is 4.66. The van der Waals surface area contributed by atoms with Crippen LogP contribution in [0.5, 0.6) is 0 Å². The van der Waals surface area contributed by atoms with Crippen molar-refractivity contribution in [1.29, 1.82) is 0 Å². The van der Waals surface area contributed by atoms with Gasteiger partial charge in [0, 0.05) is 19.5 Å². The van der Waals surface area contributed by atoms with Crippen LogP contribution in [-0.2, 0) is 7.05 Å². The summed E-state index contributed by atoms with van der Waals surface area (Å²) in [4.78, 5) is 13.3. The minimum atomic E-state index is -1.03. The lowest BCUT2D eigenvalue weighted by molar-refractivity contribution is 0.0685. The topological polar surface area (TPSA) is 58.4 Å². The zero-order valence-corrected chi connectivity index (χ0v) is 10.7. The van der Waals surface area contributed by atoms with Crippen molar-refractivity contribution in [2.75, 3.05) is 20.1 Å². The predicted molar refractivity (Wildman–Crippen MR) is 64.6 cm³/mol. The molecule has 1 fully saturated rings. The van der Waals surface area contributed by atoms with Gasteiger partial charge in [-0.3, -0.25) is 4.68 Å². The molecule has 5 nitrogen and oxygen atoms in total. The maximum absolute atomic E-state index is 11.0. The van der Waals surface area contributed by atoms with Crippen LogP contribution in [0.2, 0.25) is 5.02 Å². The van der Waals surface area contributed by atoms with Crippen molar-refractivity contribution in [3.05, 3.63) is 16.4 Å². The third-order valence-corrected chi connectivity index (χ3v) is 3.60. The third kappa shape index (κ3) is 2.30. The molecule has 0 amide bonds. The van der Waals surface area contributed by atoms with Crippen LogP contribution in [0.25, 0.3) is 0 Å². The minimum absolute atomic E-state index is 0.0786. The van der Waals surface area contributed by atoms with Gasteiger partial charge in [-0.25, -0.2) is 4.79 Å². The summed E-state index contributed by atoms with van der Waals surface area (Å²) in [6.07, 6.45) is 2.11. The van der Waals surface area contributed by atoms with Gasteiger partial charge in [0.15, 0.2) is 5.69 Å². The average Bonchev–Trinajstić information content (AvgIpc) is 2.54. The molecular weight excluding hydrogens is 242 g/mol. The normalized spacial score (nSPS) is 21.7. The number of carboxylic acids is 1. The van der Waals surface area contributed by atoms with E-state index in [1.807, 2.05) is 0 Å². The highest BCUT2D eigenvalue weighted by Crippen LogP contribution is 2.32. The monoisotopic (exact) mass is 257 g/mol. The summed E-state index contributed by atoms with van der Waals surface area (Å²) in [5, 5.41) is 13.6. The van der Waals surface area contributed by atoms with Crippen LogP contribution in [0.1, 0.15) is 34.9 Å². The summed E-state index contributed by atoms with van der Waals surface area (Å²) in [7, 11) is 3.67. The van der Waals surface area contributed by atoms with E-state index >= 15 is 0 Å². The van der Waals surface area contributed by atoms with Crippen molar-refractivity contribution in [3.63, 3.8) is 0 Å². The summed E-state index contributed by atoms with van der Waals surface area (Å²) in [5.74, 6) is -0.791. The van der Waals surface area contributed by atoms with Gasteiger partial charge in [0.1, 0.15) is 0 Å². The molecule has 94 valence electrons. The highest BCUT2D eigenvalue weighted by atomic mass is 35.5. The summed E-state index contributed by atoms with van der Waals surface area (Å²) < 4.78 is 1.36. The number of likely N-dealkylation sites (N-methyl/N-ethyl adjacent to an activating group) is 1. The van der Waals surface area contributed by atoms with Crippen LogP contribution in [0.15, 0.2) is 0 Å². The van der Waals surface area contributed by atoms with E-state index in [4.69, 9.17) is 16.7 Å². The van der Waals surface area contributed by atoms with Crippen molar-refractivity contribution >= 4 is 17.6 Å². The zero-order chi connectivity index (χ0) is 12.6. The quantitative estimate of drug-likeness (QED) is 0.874. The van der Waals surface area contributed by atoms with Gasteiger partial charge in [-0.1, -0.05) is 11.6 Å². The Bertz CT molecular complexity index is 444. The van der Waals surface area contributed by atoms with E-state index in [0.29, 0.717) is 5.02 Å². The Hall–Kier alpha value is -1.07. The number of aromatic carboxylic acids is 1. The number of rotatable bonds is 2. The van der Waals surface area contributed by atoms with E-state index in [1.165, 1.54) is 4.68 Å². The molecule has 1 aliphatic heterocycles. The molecule has 1 aromatic rings. The number of likely N-dealkylation sites (tertiary alicyclic amines) is 1. The molecule has 1 atom stereocenters. The van der Waals surface area contributed by atoms with Gasteiger partial charge in [0.25, 0.3) is 0 Å². The summed E-state index contributed by atoms with van der Waals surface area (Å²) in [6, 6.07) is 0. The summed E-state index contributed by atoms with van der Waals surface area (Å²) >= 11 is 6.12. The van der Waals surface area contributed by atoms with Crippen LogP contribution >= 0.6 is 11.6 Å². The zero-order valence-electron chi connectivity index (χ0n) is 9.98. The first-order valence-electron chi connectivity index (χ1n) is 5.65. The maximum Gasteiger partial charge on any atom is 0.355 e. The number of hydrogen-bond acceptors (Lipinski definition) is 3. The lowest BCUT2D eigenvalue weighted by Gasteiger charge is -2.28. The number of aromatic nitrogens is 2. The lowest BCUT2D eigenvalue weighted by Crippen LogP contribution is -2.31. The van der Waals surface area contributed by atoms with E-state index in [-0.39, 0.29) is 11.6 Å². The molecule has 2 heterocycles. The first kappa shape index (κ1) is 12.4. The Labute approximate surface area is 105 Å². The van der Waals surface area contributed by atoms with Crippen LogP contribution in [0.3, 0.4) is 0 Å². The van der Waals surface area contributed by atoms with E-state index in [2.05, 4.69) is 17.0 Å². The van der Waals surface area contributed by atoms with Crippen molar-refractivity contribution < 1.29 is 9.90 Å². The molecule has 1 N–H and O–H groups in total. The Kier molecular flexibility index (Phi) is 3.40. The molecule has 0 aliphatic carbocycles. The smallest absolute Gasteiger partial charge is 0.355 e. The molecule has 0 radical (unpaired) electrons. The van der Waals surface area contributed by atoms with E-state index < -0.39 is 5.97 Å². The highest BCUT2D eigenvalue weighted by molar-refractivity contribution is 6.34. The van der Waals surface area contributed by atoms with Gasteiger partial charge in [-0.05, 0) is 26.4 Å².